The number of rotatable bonds is 6. The second-order valence-electron chi connectivity index (χ2n) is 4.55. The molecule has 1 aromatic rings. The molecule has 1 unspecified atom stereocenters. The fourth-order valence-electron chi connectivity index (χ4n) is 2.15. The summed E-state index contributed by atoms with van der Waals surface area (Å²) in [6.45, 7) is 3.92. The van der Waals surface area contributed by atoms with Gasteiger partial charge in [0.05, 0.1) is 19.8 Å². The van der Waals surface area contributed by atoms with Gasteiger partial charge < -0.3 is 15.2 Å². The summed E-state index contributed by atoms with van der Waals surface area (Å²) in [4.78, 5) is 0. The molecule has 1 aliphatic rings. The molecule has 1 atom stereocenters. The van der Waals surface area contributed by atoms with Crippen molar-refractivity contribution in [3.05, 3.63) is 35.4 Å². The van der Waals surface area contributed by atoms with Crippen LogP contribution >= 0.6 is 0 Å². The van der Waals surface area contributed by atoms with E-state index < -0.39 is 0 Å². The first kappa shape index (κ1) is 12.6. The van der Waals surface area contributed by atoms with Crippen LogP contribution in [0.15, 0.2) is 24.3 Å². The zero-order valence-electron chi connectivity index (χ0n) is 10.2. The molecule has 0 aromatic heterocycles. The molecule has 1 fully saturated rings. The van der Waals surface area contributed by atoms with Crippen LogP contribution in [0.2, 0.25) is 0 Å². The minimum absolute atomic E-state index is 0.580. The van der Waals surface area contributed by atoms with E-state index in [9.17, 15) is 0 Å². The van der Waals surface area contributed by atoms with E-state index in [2.05, 4.69) is 24.3 Å². The smallest absolute Gasteiger partial charge is 0.0719 e. The van der Waals surface area contributed by atoms with Gasteiger partial charge in [0.2, 0.25) is 0 Å². The zero-order valence-corrected chi connectivity index (χ0v) is 10.2. The highest BCUT2D eigenvalue weighted by Crippen LogP contribution is 2.15. The van der Waals surface area contributed by atoms with Gasteiger partial charge in [-0.25, -0.2) is 0 Å². The summed E-state index contributed by atoms with van der Waals surface area (Å²) in [6, 6.07) is 8.36. The standard InChI is InChI=1S/C14H21NO2/c15-7-5-13-3-1-2-4-14(13)11-17-10-12-6-8-16-9-12/h1-4,12H,5-11,15H2. The quantitative estimate of drug-likeness (QED) is 0.817. The van der Waals surface area contributed by atoms with Crippen LogP contribution in [0.3, 0.4) is 0 Å². The first-order chi connectivity index (χ1) is 8.40. The van der Waals surface area contributed by atoms with Crippen molar-refractivity contribution in [3.8, 4) is 0 Å². The van der Waals surface area contributed by atoms with Gasteiger partial charge in [0.1, 0.15) is 0 Å². The molecule has 0 spiro atoms. The van der Waals surface area contributed by atoms with E-state index in [1.54, 1.807) is 0 Å². The van der Waals surface area contributed by atoms with Gasteiger partial charge in [-0.1, -0.05) is 24.3 Å². The van der Waals surface area contributed by atoms with Crippen molar-refractivity contribution in [2.45, 2.75) is 19.4 Å². The van der Waals surface area contributed by atoms with Gasteiger partial charge in [-0.2, -0.15) is 0 Å². The molecule has 0 aliphatic carbocycles. The Hall–Kier alpha value is -0.900. The maximum absolute atomic E-state index is 5.77. The van der Waals surface area contributed by atoms with E-state index in [1.165, 1.54) is 11.1 Å². The van der Waals surface area contributed by atoms with Crippen molar-refractivity contribution in [1.29, 1.82) is 0 Å². The number of ether oxygens (including phenoxy) is 2. The van der Waals surface area contributed by atoms with Crippen LogP contribution < -0.4 is 5.73 Å². The van der Waals surface area contributed by atoms with Crippen LogP contribution in [0.4, 0.5) is 0 Å². The Bertz CT molecular complexity index is 335. The van der Waals surface area contributed by atoms with E-state index in [0.29, 0.717) is 19.1 Å². The Labute approximate surface area is 103 Å². The maximum atomic E-state index is 5.77. The van der Waals surface area contributed by atoms with Crippen LogP contribution in [0.1, 0.15) is 17.5 Å². The van der Waals surface area contributed by atoms with Crippen molar-refractivity contribution in [3.63, 3.8) is 0 Å². The van der Waals surface area contributed by atoms with Crippen molar-refractivity contribution < 1.29 is 9.47 Å². The Morgan fingerprint density at radius 1 is 1.29 bits per heavy atom. The monoisotopic (exact) mass is 235 g/mol. The summed E-state index contributed by atoms with van der Waals surface area (Å²) in [6.07, 6.45) is 2.05. The fraction of sp³-hybridized carbons (Fsp3) is 0.571. The van der Waals surface area contributed by atoms with Crippen molar-refractivity contribution >= 4 is 0 Å². The number of hydrogen-bond acceptors (Lipinski definition) is 3. The third-order valence-electron chi connectivity index (χ3n) is 3.17. The van der Waals surface area contributed by atoms with Gasteiger partial charge in [-0.15, -0.1) is 0 Å². The van der Waals surface area contributed by atoms with Gasteiger partial charge in [-0.05, 0) is 30.5 Å². The number of nitrogens with two attached hydrogens (primary N) is 1. The topological polar surface area (TPSA) is 44.5 Å². The average Bonchev–Trinajstić information content (AvgIpc) is 2.85. The molecule has 2 N–H and O–H groups in total. The molecule has 1 aromatic carbocycles. The predicted octanol–water partition coefficient (Wildman–Crippen LogP) is 1.74. The van der Waals surface area contributed by atoms with E-state index in [0.717, 1.165) is 32.7 Å². The zero-order chi connectivity index (χ0) is 11.9. The lowest BCUT2D eigenvalue weighted by Crippen LogP contribution is -2.11. The van der Waals surface area contributed by atoms with Gasteiger partial charge >= 0.3 is 0 Å². The van der Waals surface area contributed by atoms with Gasteiger partial charge in [0.15, 0.2) is 0 Å². The highest BCUT2D eigenvalue weighted by atomic mass is 16.5. The minimum Gasteiger partial charge on any atom is -0.381 e. The van der Waals surface area contributed by atoms with Crippen LogP contribution in [0.5, 0.6) is 0 Å². The second kappa shape index (κ2) is 6.74. The van der Waals surface area contributed by atoms with Crippen molar-refractivity contribution in [2.75, 3.05) is 26.4 Å². The first-order valence-electron chi connectivity index (χ1n) is 6.32. The van der Waals surface area contributed by atoms with Gasteiger partial charge in [-0.3, -0.25) is 0 Å². The van der Waals surface area contributed by atoms with E-state index in [1.807, 2.05) is 0 Å². The molecule has 0 saturated carbocycles. The predicted molar refractivity (Wildman–Crippen MR) is 67.8 cm³/mol. The summed E-state index contributed by atoms with van der Waals surface area (Å²) in [5, 5.41) is 0. The third kappa shape index (κ3) is 3.80. The molecule has 3 heteroatoms. The number of benzene rings is 1. The molecule has 0 radical (unpaired) electrons. The summed E-state index contributed by atoms with van der Waals surface area (Å²) in [7, 11) is 0. The van der Waals surface area contributed by atoms with Crippen molar-refractivity contribution in [2.24, 2.45) is 11.7 Å². The van der Waals surface area contributed by atoms with E-state index in [4.69, 9.17) is 15.2 Å². The van der Waals surface area contributed by atoms with Crippen LogP contribution in [0.25, 0.3) is 0 Å². The normalized spacial score (nSPS) is 19.7. The Balaban J connectivity index is 1.80. The lowest BCUT2D eigenvalue weighted by molar-refractivity contribution is 0.0788. The second-order valence-corrected chi connectivity index (χ2v) is 4.55. The highest BCUT2D eigenvalue weighted by molar-refractivity contribution is 5.26. The highest BCUT2D eigenvalue weighted by Gasteiger charge is 2.15. The summed E-state index contributed by atoms with van der Waals surface area (Å²) < 4.78 is 11.1. The fourth-order valence-corrected chi connectivity index (χ4v) is 2.15. The average molecular weight is 235 g/mol. The number of hydrogen-bond donors (Lipinski definition) is 1. The summed E-state index contributed by atoms with van der Waals surface area (Å²) in [5.41, 5.74) is 8.16. The minimum atomic E-state index is 0.580. The molecule has 2 rings (SSSR count). The molecule has 94 valence electrons. The first-order valence-corrected chi connectivity index (χ1v) is 6.32. The Morgan fingerprint density at radius 2 is 2.12 bits per heavy atom. The molecule has 0 bridgehead atoms. The van der Waals surface area contributed by atoms with Crippen LogP contribution in [0, 0.1) is 5.92 Å². The molecule has 1 aliphatic heterocycles. The maximum Gasteiger partial charge on any atom is 0.0719 e. The molecule has 1 heterocycles. The van der Waals surface area contributed by atoms with Crippen molar-refractivity contribution in [1.82, 2.24) is 0 Å². The molecule has 17 heavy (non-hydrogen) atoms. The lowest BCUT2D eigenvalue weighted by Gasteiger charge is -2.11. The third-order valence-corrected chi connectivity index (χ3v) is 3.17. The lowest BCUT2D eigenvalue weighted by atomic mass is 10.1. The largest absolute Gasteiger partial charge is 0.381 e. The molecular formula is C14H21NO2. The van der Waals surface area contributed by atoms with E-state index in [-0.39, 0.29) is 0 Å². The van der Waals surface area contributed by atoms with E-state index >= 15 is 0 Å². The summed E-state index contributed by atoms with van der Waals surface area (Å²) in [5.74, 6) is 0.580. The van der Waals surface area contributed by atoms with Gasteiger partial charge in [0.25, 0.3) is 0 Å². The molecule has 3 nitrogen and oxygen atoms in total. The molecule has 1 saturated heterocycles. The Kier molecular flexibility index (Phi) is 4.98. The SMILES string of the molecule is NCCc1ccccc1COCC1CCOC1. The van der Waals surface area contributed by atoms with Crippen LogP contribution in [-0.4, -0.2) is 26.4 Å². The van der Waals surface area contributed by atoms with Crippen LogP contribution in [-0.2, 0) is 22.5 Å². The molecule has 0 amide bonds. The Morgan fingerprint density at radius 3 is 2.82 bits per heavy atom. The summed E-state index contributed by atoms with van der Waals surface area (Å²) >= 11 is 0. The van der Waals surface area contributed by atoms with Gasteiger partial charge in [0, 0.05) is 12.5 Å². The molecular weight excluding hydrogens is 214 g/mol.